The van der Waals surface area contributed by atoms with Gasteiger partial charge in [-0.25, -0.2) is 4.79 Å². The Morgan fingerprint density at radius 1 is 1.39 bits per heavy atom. The number of hydrogen-bond acceptors (Lipinski definition) is 4. The molecule has 0 N–H and O–H groups in total. The molecule has 1 aliphatic carbocycles. The molecule has 3 rings (SSSR count). The monoisotopic (exact) mass is 316 g/mol. The number of fused-ring (bicyclic) bond motifs is 1. The molecule has 1 aliphatic rings. The van der Waals surface area contributed by atoms with Crippen molar-refractivity contribution in [2.24, 2.45) is 5.92 Å². The second-order valence-electron chi connectivity index (χ2n) is 6.29. The van der Waals surface area contributed by atoms with Crippen LogP contribution in [0, 0.1) is 5.92 Å². The summed E-state index contributed by atoms with van der Waals surface area (Å²) >= 11 is 0. The second kappa shape index (κ2) is 7.13. The number of nitrogens with zero attached hydrogens (tertiary/aromatic N) is 2. The molecule has 0 amide bonds. The number of carbonyl (C=O) groups is 1. The predicted octanol–water partition coefficient (Wildman–Crippen LogP) is 3.59. The van der Waals surface area contributed by atoms with E-state index in [1.54, 1.807) is 12.1 Å². The minimum Gasteiger partial charge on any atom is -0.465 e. The van der Waals surface area contributed by atoms with E-state index in [4.69, 9.17) is 9.47 Å². The first-order valence-electron chi connectivity index (χ1n) is 8.36. The summed E-state index contributed by atoms with van der Waals surface area (Å²) in [5.74, 6) is 0.323. The lowest BCUT2D eigenvalue weighted by Gasteiger charge is -2.35. The van der Waals surface area contributed by atoms with E-state index in [2.05, 4.69) is 18.2 Å². The number of unbranched alkanes of at least 4 members (excludes halogenated alkanes) is 1. The summed E-state index contributed by atoms with van der Waals surface area (Å²) in [5.41, 5.74) is 1.39. The highest BCUT2D eigenvalue weighted by molar-refractivity contribution is 5.94. The summed E-state index contributed by atoms with van der Waals surface area (Å²) < 4.78 is 12.5. The molecule has 5 heteroatoms. The van der Waals surface area contributed by atoms with Crippen molar-refractivity contribution in [2.45, 2.75) is 38.6 Å². The molecule has 0 spiro atoms. The Labute approximate surface area is 136 Å². The first-order valence-corrected chi connectivity index (χ1v) is 8.36. The van der Waals surface area contributed by atoms with Gasteiger partial charge in [0.05, 0.1) is 24.2 Å². The van der Waals surface area contributed by atoms with Gasteiger partial charge >= 0.3 is 5.97 Å². The Kier molecular flexibility index (Phi) is 4.96. The Morgan fingerprint density at radius 3 is 2.96 bits per heavy atom. The van der Waals surface area contributed by atoms with Crippen LogP contribution in [0.2, 0.25) is 0 Å². The number of esters is 1. The van der Waals surface area contributed by atoms with E-state index in [0.29, 0.717) is 17.5 Å². The number of methoxy groups -OCH3 is 1. The Morgan fingerprint density at radius 2 is 2.22 bits per heavy atom. The Hall–Kier alpha value is -1.88. The van der Waals surface area contributed by atoms with E-state index in [9.17, 15) is 4.79 Å². The third-order valence-corrected chi connectivity index (χ3v) is 4.53. The van der Waals surface area contributed by atoms with Crippen LogP contribution in [-0.2, 0) is 9.47 Å². The molecule has 1 fully saturated rings. The van der Waals surface area contributed by atoms with E-state index < -0.39 is 0 Å². The third kappa shape index (κ3) is 3.55. The SMILES string of the molecule is CCCCOCC1CC(n2cc3ccc(C(=O)OC)cc3n2)C1. The van der Waals surface area contributed by atoms with Crippen LogP contribution in [-0.4, -0.2) is 36.1 Å². The van der Waals surface area contributed by atoms with E-state index in [1.165, 1.54) is 13.5 Å². The number of rotatable bonds is 7. The Balaban J connectivity index is 1.58. The molecule has 23 heavy (non-hydrogen) atoms. The molecule has 5 nitrogen and oxygen atoms in total. The van der Waals surface area contributed by atoms with E-state index in [0.717, 1.165) is 43.4 Å². The molecule has 2 aromatic rings. The molecule has 0 saturated heterocycles. The standard InChI is InChI=1S/C18H24N2O3/c1-3-4-7-23-12-13-8-16(9-13)20-11-15-6-5-14(18(21)22-2)10-17(15)19-20/h5-6,10-11,13,16H,3-4,7-9,12H2,1-2H3. The van der Waals surface area contributed by atoms with Crippen molar-refractivity contribution in [1.29, 1.82) is 0 Å². The van der Waals surface area contributed by atoms with Crippen molar-refractivity contribution in [3.8, 4) is 0 Å². The highest BCUT2D eigenvalue weighted by atomic mass is 16.5. The molecule has 0 radical (unpaired) electrons. The third-order valence-electron chi connectivity index (χ3n) is 4.53. The number of aromatic nitrogens is 2. The van der Waals surface area contributed by atoms with Crippen molar-refractivity contribution in [3.05, 3.63) is 30.0 Å². The average Bonchev–Trinajstić information content (AvgIpc) is 2.94. The molecule has 1 saturated carbocycles. The lowest BCUT2D eigenvalue weighted by molar-refractivity contribution is 0.0426. The van der Waals surface area contributed by atoms with Crippen LogP contribution in [0.4, 0.5) is 0 Å². The van der Waals surface area contributed by atoms with Crippen LogP contribution in [0.25, 0.3) is 10.9 Å². The van der Waals surface area contributed by atoms with Gasteiger partial charge in [0.25, 0.3) is 0 Å². The fraction of sp³-hybridized carbons (Fsp3) is 0.556. The number of hydrogen-bond donors (Lipinski definition) is 0. The van der Waals surface area contributed by atoms with Crippen molar-refractivity contribution in [1.82, 2.24) is 9.78 Å². The van der Waals surface area contributed by atoms with Crippen LogP contribution in [0.3, 0.4) is 0 Å². The Bertz CT molecular complexity index is 674. The molecule has 0 atom stereocenters. The largest absolute Gasteiger partial charge is 0.465 e. The average molecular weight is 316 g/mol. The molecule has 0 aliphatic heterocycles. The maximum Gasteiger partial charge on any atom is 0.337 e. The number of ether oxygens (including phenoxy) is 2. The molecule has 1 aromatic carbocycles. The van der Waals surface area contributed by atoms with Gasteiger partial charge in [-0.1, -0.05) is 19.4 Å². The highest BCUT2D eigenvalue weighted by Gasteiger charge is 2.31. The first kappa shape index (κ1) is 16.0. The van der Waals surface area contributed by atoms with Gasteiger partial charge in [0, 0.05) is 24.8 Å². The minimum atomic E-state index is -0.325. The van der Waals surface area contributed by atoms with Gasteiger partial charge in [-0.05, 0) is 37.3 Å². The molecular formula is C18H24N2O3. The summed E-state index contributed by atoms with van der Waals surface area (Å²) in [5, 5.41) is 5.68. The highest BCUT2D eigenvalue weighted by Crippen LogP contribution is 2.38. The first-order chi connectivity index (χ1) is 11.2. The van der Waals surface area contributed by atoms with Gasteiger partial charge in [0.1, 0.15) is 0 Å². The molecule has 0 unspecified atom stereocenters. The van der Waals surface area contributed by atoms with Gasteiger partial charge in [-0.2, -0.15) is 5.10 Å². The van der Waals surface area contributed by atoms with Crippen molar-refractivity contribution in [3.63, 3.8) is 0 Å². The molecule has 1 heterocycles. The predicted molar refractivity (Wildman–Crippen MR) is 88.6 cm³/mol. The van der Waals surface area contributed by atoms with E-state index in [1.807, 2.05) is 10.7 Å². The summed E-state index contributed by atoms with van der Waals surface area (Å²) in [6.07, 6.45) is 6.62. The summed E-state index contributed by atoms with van der Waals surface area (Å²) in [7, 11) is 1.39. The van der Waals surface area contributed by atoms with Gasteiger partial charge in [0.15, 0.2) is 0 Å². The zero-order valence-electron chi connectivity index (χ0n) is 13.8. The molecule has 0 bridgehead atoms. The molecule has 1 aromatic heterocycles. The van der Waals surface area contributed by atoms with E-state index in [-0.39, 0.29) is 5.97 Å². The minimum absolute atomic E-state index is 0.325. The normalized spacial score (nSPS) is 20.4. The summed E-state index contributed by atoms with van der Waals surface area (Å²) in [4.78, 5) is 11.6. The maximum absolute atomic E-state index is 11.6. The maximum atomic E-state index is 11.6. The molecular weight excluding hydrogens is 292 g/mol. The topological polar surface area (TPSA) is 53.4 Å². The van der Waals surface area contributed by atoms with Crippen LogP contribution < -0.4 is 0 Å². The van der Waals surface area contributed by atoms with Crippen LogP contribution in [0.1, 0.15) is 49.0 Å². The zero-order valence-corrected chi connectivity index (χ0v) is 13.8. The van der Waals surface area contributed by atoms with Crippen molar-refractivity contribution in [2.75, 3.05) is 20.3 Å². The quantitative estimate of drug-likeness (QED) is 0.578. The number of carbonyl (C=O) groups excluding carboxylic acids is 1. The van der Waals surface area contributed by atoms with Gasteiger partial charge in [-0.3, -0.25) is 4.68 Å². The van der Waals surface area contributed by atoms with Gasteiger partial charge in [0.2, 0.25) is 0 Å². The van der Waals surface area contributed by atoms with Gasteiger partial charge < -0.3 is 9.47 Å². The van der Waals surface area contributed by atoms with Crippen molar-refractivity contribution < 1.29 is 14.3 Å². The van der Waals surface area contributed by atoms with Crippen LogP contribution in [0.5, 0.6) is 0 Å². The van der Waals surface area contributed by atoms with Crippen LogP contribution >= 0.6 is 0 Å². The second-order valence-corrected chi connectivity index (χ2v) is 6.29. The summed E-state index contributed by atoms with van der Waals surface area (Å²) in [6.45, 7) is 3.92. The lowest BCUT2D eigenvalue weighted by atomic mass is 9.81. The van der Waals surface area contributed by atoms with E-state index >= 15 is 0 Å². The number of benzene rings is 1. The zero-order chi connectivity index (χ0) is 16.2. The summed E-state index contributed by atoms with van der Waals surface area (Å²) in [6, 6.07) is 5.95. The molecule has 124 valence electrons. The fourth-order valence-corrected chi connectivity index (χ4v) is 3.02. The van der Waals surface area contributed by atoms with Crippen molar-refractivity contribution >= 4 is 16.9 Å². The lowest BCUT2D eigenvalue weighted by Crippen LogP contribution is -2.30. The fourth-order valence-electron chi connectivity index (χ4n) is 3.02. The smallest absolute Gasteiger partial charge is 0.337 e. The van der Waals surface area contributed by atoms with Gasteiger partial charge in [-0.15, -0.1) is 0 Å². The van der Waals surface area contributed by atoms with Crippen LogP contribution in [0.15, 0.2) is 24.4 Å².